The molecule has 0 amide bonds. The van der Waals surface area contributed by atoms with E-state index >= 15 is 0 Å². The molecule has 0 aromatic carbocycles. The van der Waals surface area contributed by atoms with Gasteiger partial charge < -0.3 is 14.2 Å². The van der Waals surface area contributed by atoms with Crippen molar-refractivity contribution in [1.82, 2.24) is 0 Å². The fourth-order valence-corrected chi connectivity index (χ4v) is 10.8. The molecule has 42 heavy (non-hydrogen) atoms. The van der Waals surface area contributed by atoms with Crippen LogP contribution in [0.2, 0.25) is 0 Å². The maximum absolute atomic E-state index is 6.07. The minimum atomic E-state index is 0.402. The van der Waals surface area contributed by atoms with E-state index in [1.54, 1.807) is 0 Å². The lowest BCUT2D eigenvalue weighted by Crippen LogP contribution is -2.48. The topological polar surface area (TPSA) is 27.7 Å². The summed E-state index contributed by atoms with van der Waals surface area (Å²) in [5, 5.41) is 0. The first kappa shape index (κ1) is 34.7. The van der Waals surface area contributed by atoms with Gasteiger partial charge >= 0.3 is 0 Å². The van der Waals surface area contributed by atoms with Gasteiger partial charge in [-0.2, -0.15) is 0 Å². The van der Waals surface area contributed by atoms with Gasteiger partial charge in [0, 0.05) is 19.8 Å². The van der Waals surface area contributed by atoms with Gasteiger partial charge in [-0.15, -0.1) is 0 Å². The highest BCUT2D eigenvalue weighted by Gasteiger charge is 2.51. The van der Waals surface area contributed by atoms with Gasteiger partial charge in [-0.1, -0.05) is 41.5 Å². The zero-order valence-corrected chi connectivity index (χ0v) is 29.6. The smallest absolute Gasteiger partial charge is 0.0575 e. The molecule has 4 saturated carbocycles. The highest BCUT2D eigenvalue weighted by molar-refractivity contribution is 5.01. The molecule has 4 aliphatic carbocycles. The van der Waals surface area contributed by atoms with Crippen molar-refractivity contribution in [3.8, 4) is 0 Å². The first-order valence-electron chi connectivity index (χ1n) is 18.8. The van der Waals surface area contributed by atoms with E-state index in [0.29, 0.717) is 34.6 Å². The van der Waals surface area contributed by atoms with Crippen LogP contribution in [0, 0.1) is 51.8 Å². The second kappa shape index (κ2) is 15.0. The van der Waals surface area contributed by atoms with Gasteiger partial charge in [-0.05, 0) is 169 Å². The van der Waals surface area contributed by atoms with E-state index in [1.807, 2.05) is 0 Å². The lowest BCUT2D eigenvalue weighted by atomic mass is 9.49. The standard InChI is InChI=1S/C39H72O3/c1-10-40-34-19-13-28(14-20-34)37(4,5)31-25-32(38(6,7)29-15-21-35(22-16-29)41-11-2)27-33(26-31)39(8,9)30-17-23-36(24-18-30)42-12-3/h28-36H,10-27H2,1-9H3. The molecule has 0 heterocycles. The summed E-state index contributed by atoms with van der Waals surface area (Å²) in [7, 11) is 0. The number of hydrogen-bond acceptors (Lipinski definition) is 3. The van der Waals surface area contributed by atoms with Gasteiger partial charge in [0.1, 0.15) is 0 Å². The van der Waals surface area contributed by atoms with Crippen LogP contribution in [-0.2, 0) is 14.2 Å². The van der Waals surface area contributed by atoms with Crippen molar-refractivity contribution in [2.45, 2.75) is 177 Å². The molecule has 4 fully saturated rings. The Balaban J connectivity index is 1.53. The minimum absolute atomic E-state index is 0.402. The molecule has 4 aliphatic rings. The maximum atomic E-state index is 6.07. The number of ether oxygens (including phenoxy) is 3. The average Bonchev–Trinajstić information content (AvgIpc) is 2.98. The largest absolute Gasteiger partial charge is 0.379 e. The molecule has 0 atom stereocenters. The highest BCUT2D eigenvalue weighted by Crippen LogP contribution is 2.60. The van der Waals surface area contributed by atoms with Crippen molar-refractivity contribution in [1.29, 1.82) is 0 Å². The molecule has 3 nitrogen and oxygen atoms in total. The predicted molar refractivity (Wildman–Crippen MR) is 178 cm³/mol. The average molecular weight is 589 g/mol. The Bertz CT molecular complexity index is 667. The van der Waals surface area contributed by atoms with Crippen molar-refractivity contribution >= 4 is 0 Å². The maximum Gasteiger partial charge on any atom is 0.0575 e. The van der Waals surface area contributed by atoms with Crippen LogP contribution >= 0.6 is 0 Å². The third kappa shape index (κ3) is 7.99. The van der Waals surface area contributed by atoms with Crippen molar-refractivity contribution in [3.63, 3.8) is 0 Å². The summed E-state index contributed by atoms with van der Waals surface area (Å²) in [4.78, 5) is 0. The van der Waals surface area contributed by atoms with E-state index in [1.165, 1.54) is 96.3 Å². The van der Waals surface area contributed by atoms with Crippen LogP contribution in [0.5, 0.6) is 0 Å². The van der Waals surface area contributed by atoms with Crippen LogP contribution in [0.15, 0.2) is 0 Å². The van der Waals surface area contributed by atoms with E-state index in [4.69, 9.17) is 14.2 Å². The van der Waals surface area contributed by atoms with Crippen LogP contribution < -0.4 is 0 Å². The summed E-state index contributed by atoms with van der Waals surface area (Å²) < 4.78 is 18.2. The fourth-order valence-electron chi connectivity index (χ4n) is 10.8. The van der Waals surface area contributed by atoms with Gasteiger partial charge in [0.15, 0.2) is 0 Å². The monoisotopic (exact) mass is 589 g/mol. The van der Waals surface area contributed by atoms with E-state index < -0.39 is 0 Å². The van der Waals surface area contributed by atoms with Gasteiger partial charge in [-0.25, -0.2) is 0 Å². The molecular weight excluding hydrogens is 516 g/mol. The van der Waals surface area contributed by atoms with E-state index in [-0.39, 0.29) is 0 Å². The molecule has 0 spiro atoms. The van der Waals surface area contributed by atoms with Crippen LogP contribution in [0.4, 0.5) is 0 Å². The number of rotatable bonds is 12. The van der Waals surface area contributed by atoms with Gasteiger partial charge in [0.05, 0.1) is 18.3 Å². The lowest BCUT2D eigenvalue weighted by Gasteiger charge is -2.57. The van der Waals surface area contributed by atoms with E-state index in [9.17, 15) is 0 Å². The third-order valence-electron chi connectivity index (χ3n) is 14.3. The molecule has 0 aromatic heterocycles. The predicted octanol–water partition coefficient (Wildman–Crippen LogP) is 10.9. The van der Waals surface area contributed by atoms with Gasteiger partial charge in [0.2, 0.25) is 0 Å². The zero-order chi connectivity index (χ0) is 30.5. The Morgan fingerprint density at radius 2 is 0.571 bits per heavy atom. The summed E-state index contributed by atoms with van der Waals surface area (Å²) in [5.41, 5.74) is 1.21. The van der Waals surface area contributed by atoms with Crippen LogP contribution in [-0.4, -0.2) is 38.1 Å². The van der Waals surface area contributed by atoms with Crippen LogP contribution in [0.1, 0.15) is 159 Å². The first-order chi connectivity index (χ1) is 19.9. The molecule has 0 saturated heterocycles. The second-order valence-electron chi connectivity index (χ2n) is 17.0. The Kier molecular flexibility index (Phi) is 12.4. The third-order valence-corrected chi connectivity index (χ3v) is 14.3. The summed E-state index contributed by atoms with van der Waals surface area (Å²) >= 11 is 0. The normalized spacial score (nSPS) is 37.5. The summed E-state index contributed by atoms with van der Waals surface area (Å²) in [6.07, 6.45) is 21.6. The quantitative estimate of drug-likeness (QED) is 0.227. The summed E-state index contributed by atoms with van der Waals surface area (Å²) in [5.74, 6) is 5.00. The Morgan fingerprint density at radius 1 is 0.357 bits per heavy atom. The Labute approximate surface area is 262 Å². The van der Waals surface area contributed by atoms with Gasteiger partial charge in [-0.3, -0.25) is 0 Å². The van der Waals surface area contributed by atoms with Crippen LogP contribution in [0.3, 0.4) is 0 Å². The molecule has 0 radical (unpaired) electrons. The molecule has 0 N–H and O–H groups in total. The lowest BCUT2D eigenvalue weighted by molar-refractivity contribution is -0.0825. The SMILES string of the molecule is CCOC1CCC(C(C)(C)C2CC(C(C)(C)C3CCC(OCC)CC3)CC(C(C)(C)C3CCC(OCC)CC3)C2)CC1. The zero-order valence-electron chi connectivity index (χ0n) is 29.6. The molecule has 0 aromatic rings. The van der Waals surface area contributed by atoms with Crippen LogP contribution in [0.25, 0.3) is 0 Å². The molecular formula is C39H72O3. The Hall–Kier alpha value is -0.120. The minimum Gasteiger partial charge on any atom is -0.379 e. The molecule has 4 rings (SSSR count). The summed E-state index contributed by atoms with van der Waals surface area (Å²) in [6.45, 7) is 25.2. The van der Waals surface area contributed by atoms with E-state index in [2.05, 4.69) is 62.3 Å². The first-order valence-corrected chi connectivity index (χ1v) is 18.8. The van der Waals surface area contributed by atoms with Gasteiger partial charge in [0.25, 0.3) is 0 Å². The van der Waals surface area contributed by atoms with Crippen molar-refractivity contribution < 1.29 is 14.2 Å². The molecule has 0 aliphatic heterocycles. The van der Waals surface area contributed by atoms with Crippen molar-refractivity contribution in [3.05, 3.63) is 0 Å². The molecule has 3 heteroatoms. The second-order valence-corrected chi connectivity index (χ2v) is 17.0. The van der Waals surface area contributed by atoms with Crippen molar-refractivity contribution in [2.24, 2.45) is 51.8 Å². The Morgan fingerprint density at radius 3 is 0.762 bits per heavy atom. The number of hydrogen-bond donors (Lipinski definition) is 0. The highest BCUT2D eigenvalue weighted by atomic mass is 16.5. The van der Waals surface area contributed by atoms with Crippen molar-refractivity contribution in [2.75, 3.05) is 19.8 Å². The molecule has 246 valence electrons. The fraction of sp³-hybridized carbons (Fsp3) is 1.00. The van der Waals surface area contributed by atoms with E-state index in [0.717, 1.165) is 55.3 Å². The molecule has 0 bridgehead atoms. The summed E-state index contributed by atoms with van der Waals surface area (Å²) in [6, 6.07) is 0. The molecule has 0 unspecified atom stereocenters.